The molecule has 2 aromatic heterocycles. The van der Waals surface area contributed by atoms with Crippen LogP contribution in [0.1, 0.15) is 19.7 Å². The Morgan fingerprint density at radius 1 is 1.38 bits per heavy atom. The fourth-order valence-corrected chi connectivity index (χ4v) is 1.27. The molecule has 0 amide bonds. The summed E-state index contributed by atoms with van der Waals surface area (Å²) in [7, 11) is 0. The Bertz CT molecular complexity index is 395. The second kappa shape index (κ2) is 4.23. The van der Waals surface area contributed by atoms with Gasteiger partial charge >= 0.3 is 0 Å². The highest BCUT2D eigenvalue weighted by molar-refractivity contribution is 6.32. The van der Waals surface area contributed by atoms with Gasteiger partial charge < -0.3 is 0 Å². The fraction of sp³-hybridized carbons (Fsp3) is 0.333. The van der Waals surface area contributed by atoms with Gasteiger partial charge in [-0.15, -0.1) is 0 Å². The molecule has 0 spiro atoms. The van der Waals surface area contributed by atoms with E-state index in [0.29, 0.717) is 11.0 Å². The molecule has 3 nitrogen and oxygen atoms in total. The number of hydrogen-bond donors (Lipinski definition) is 0. The molecule has 0 aliphatic carbocycles. The van der Waals surface area contributed by atoms with Gasteiger partial charge in [0, 0.05) is 6.20 Å². The fourth-order valence-electron chi connectivity index (χ4n) is 1.00. The first kappa shape index (κ1) is 9.99. The van der Waals surface area contributed by atoms with Crippen LogP contribution in [0.15, 0.2) is 18.3 Å². The van der Waals surface area contributed by atoms with Crippen molar-refractivity contribution in [3.05, 3.63) is 29.3 Å². The predicted octanol–water partition coefficient (Wildman–Crippen LogP) is 2.72. The SMILES string of the molecule is CC.Cc1nc(Cl)c2cccn2n1. The number of aromatic nitrogens is 3. The van der Waals surface area contributed by atoms with Crippen molar-refractivity contribution < 1.29 is 0 Å². The summed E-state index contributed by atoms with van der Waals surface area (Å²) in [5.41, 5.74) is 0.845. The van der Waals surface area contributed by atoms with Crippen molar-refractivity contribution in [2.75, 3.05) is 0 Å². The molecule has 0 aromatic carbocycles. The summed E-state index contributed by atoms with van der Waals surface area (Å²) in [5.74, 6) is 0.679. The Morgan fingerprint density at radius 3 is 2.77 bits per heavy atom. The molecule has 70 valence electrons. The molecule has 0 saturated heterocycles. The molecule has 0 atom stereocenters. The lowest BCUT2D eigenvalue weighted by Crippen LogP contribution is -1.96. The lowest BCUT2D eigenvalue weighted by atomic mass is 10.5. The second-order valence-corrected chi connectivity index (χ2v) is 2.65. The number of hydrogen-bond acceptors (Lipinski definition) is 2. The lowest BCUT2D eigenvalue weighted by molar-refractivity contribution is 0.857. The molecule has 0 aliphatic heterocycles. The van der Waals surface area contributed by atoms with Crippen molar-refractivity contribution in [2.45, 2.75) is 20.8 Å². The summed E-state index contributed by atoms with van der Waals surface area (Å²) in [5, 5.41) is 4.62. The maximum Gasteiger partial charge on any atom is 0.156 e. The number of halogens is 1. The zero-order chi connectivity index (χ0) is 9.84. The molecular weight excluding hydrogens is 186 g/mol. The van der Waals surface area contributed by atoms with E-state index in [0.717, 1.165) is 5.52 Å². The first-order chi connectivity index (χ1) is 6.27. The normalized spacial score (nSPS) is 9.54. The highest BCUT2D eigenvalue weighted by atomic mass is 35.5. The van der Waals surface area contributed by atoms with E-state index in [1.54, 1.807) is 4.52 Å². The molecule has 0 saturated carbocycles. The third-order valence-corrected chi connectivity index (χ3v) is 1.73. The summed E-state index contributed by atoms with van der Waals surface area (Å²) in [6, 6.07) is 3.76. The van der Waals surface area contributed by atoms with Crippen LogP contribution in [0.2, 0.25) is 5.15 Å². The largest absolute Gasteiger partial charge is 0.236 e. The van der Waals surface area contributed by atoms with E-state index in [-0.39, 0.29) is 0 Å². The van der Waals surface area contributed by atoms with E-state index >= 15 is 0 Å². The van der Waals surface area contributed by atoms with Gasteiger partial charge in [0.05, 0.1) is 0 Å². The lowest BCUT2D eigenvalue weighted by Gasteiger charge is -1.96. The Kier molecular flexibility index (Phi) is 3.25. The van der Waals surface area contributed by atoms with E-state index in [2.05, 4.69) is 10.1 Å². The monoisotopic (exact) mass is 197 g/mol. The van der Waals surface area contributed by atoms with E-state index in [1.807, 2.05) is 39.1 Å². The third-order valence-electron chi connectivity index (χ3n) is 1.45. The van der Waals surface area contributed by atoms with Crippen LogP contribution in [0.3, 0.4) is 0 Å². The quantitative estimate of drug-likeness (QED) is 0.650. The van der Waals surface area contributed by atoms with Crippen molar-refractivity contribution >= 4 is 17.1 Å². The molecular formula is C9H12ClN3. The molecule has 2 heterocycles. The van der Waals surface area contributed by atoms with Gasteiger partial charge in [0.2, 0.25) is 0 Å². The number of aryl methyl sites for hydroxylation is 1. The first-order valence-electron chi connectivity index (χ1n) is 4.25. The highest BCUT2D eigenvalue weighted by Crippen LogP contribution is 2.13. The smallest absolute Gasteiger partial charge is 0.156 e. The van der Waals surface area contributed by atoms with Crippen LogP contribution in [-0.2, 0) is 0 Å². The maximum absolute atomic E-state index is 5.83. The van der Waals surface area contributed by atoms with Crippen LogP contribution < -0.4 is 0 Å². The Balaban J connectivity index is 0.000000396. The molecule has 0 aliphatic rings. The van der Waals surface area contributed by atoms with Crippen molar-refractivity contribution in [3.63, 3.8) is 0 Å². The minimum Gasteiger partial charge on any atom is -0.236 e. The standard InChI is InChI=1S/C7H6ClN3.C2H6/c1-5-9-7(8)6-3-2-4-11(6)10-5;1-2/h2-4H,1H3;1-2H3. The van der Waals surface area contributed by atoms with Gasteiger partial charge in [0.15, 0.2) is 5.15 Å². The van der Waals surface area contributed by atoms with Crippen LogP contribution in [0.4, 0.5) is 0 Å². The van der Waals surface area contributed by atoms with Crippen molar-refractivity contribution in [1.29, 1.82) is 0 Å². The van der Waals surface area contributed by atoms with Crippen molar-refractivity contribution in [2.24, 2.45) is 0 Å². The zero-order valence-corrected chi connectivity index (χ0v) is 8.71. The zero-order valence-electron chi connectivity index (χ0n) is 7.95. The van der Waals surface area contributed by atoms with E-state index in [9.17, 15) is 0 Å². The minimum absolute atomic E-state index is 0.502. The third kappa shape index (κ3) is 1.98. The number of nitrogens with zero attached hydrogens (tertiary/aromatic N) is 3. The average Bonchev–Trinajstić information content (AvgIpc) is 2.55. The van der Waals surface area contributed by atoms with Crippen molar-refractivity contribution in [3.8, 4) is 0 Å². The second-order valence-electron chi connectivity index (χ2n) is 2.29. The Hall–Kier alpha value is -1.09. The molecule has 2 aromatic rings. The molecule has 2 rings (SSSR count). The molecule has 0 unspecified atom stereocenters. The molecule has 0 radical (unpaired) electrons. The van der Waals surface area contributed by atoms with Crippen LogP contribution in [0.5, 0.6) is 0 Å². The molecule has 0 bridgehead atoms. The summed E-state index contributed by atoms with van der Waals surface area (Å²) in [4.78, 5) is 4.01. The van der Waals surface area contributed by atoms with Gasteiger partial charge in [-0.3, -0.25) is 0 Å². The van der Waals surface area contributed by atoms with Gasteiger partial charge in [-0.1, -0.05) is 25.4 Å². The summed E-state index contributed by atoms with van der Waals surface area (Å²) < 4.78 is 1.71. The summed E-state index contributed by atoms with van der Waals surface area (Å²) in [6.07, 6.45) is 1.84. The van der Waals surface area contributed by atoms with Gasteiger partial charge in [-0.2, -0.15) is 5.10 Å². The van der Waals surface area contributed by atoms with Crippen LogP contribution in [0, 0.1) is 6.92 Å². The van der Waals surface area contributed by atoms with Crippen LogP contribution >= 0.6 is 11.6 Å². The Morgan fingerprint density at radius 2 is 2.08 bits per heavy atom. The van der Waals surface area contributed by atoms with E-state index in [1.165, 1.54) is 0 Å². The molecule has 0 fully saturated rings. The minimum atomic E-state index is 0.502. The van der Waals surface area contributed by atoms with E-state index < -0.39 is 0 Å². The predicted molar refractivity (Wildman–Crippen MR) is 54.1 cm³/mol. The number of rotatable bonds is 0. The summed E-state index contributed by atoms with van der Waals surface area (Å²) in [6.45, 7) is 5.81. The first-order valence-corrected chi connectivity index (χ1v) is 4.62. The number of fused-ring (bicyclic) bond motifs is 1. The van der Waals surface area contributed by atoms with Crippen molar-refractivity contribution in [1.82, 2.24) is 14.6 Å². The summed E-state index contributed by atoms with van der Waals surface area (Å²) >= 11 is 5.83. The van der Waals surface area contributed by atoms with Gasteiger partial charge in [-0.25, -0.2) is 9.50 Å². The van der Waals surface area contributed by atoms with Crippen LogP contribution in [-0.4, -0.2) is 14.6 Å². The molecule has 4 heteroatoms. The maximum atomic E-state index is 5.83. The highest BCUT2D eigenvalue weighted by Gasteiger charge is 2.00. The van der Waals surface area contributed by atoms with Gasteiger partial charge in [0.25, 0.3) is 0 Å². The topological polar surface area (TPSA) is 30.2 Å². The molecule has 0 N–H and O–H groups in total. The molecule has 13 heavy (non-hydrogen) atoms. The van der Waals surface area contributed by atoms with Gasteiger partial charge in [0.1, 0.15) is 11.3 Å². The van der Waals surface area contributed by atoms with Gasteiger partial charge in [-0.05, 0) is 19.1 Å². The average molecular weight is 198 g/mol. The Labute approximate surface area is 82.4 Å². The van der Waals surface area contributed by atoms with E-state index in [4.69, 9.17) is 11.6 Å². The van der Waals surface area contributed by atoms with Crippen LogP contribution in [0.25, 0.3) is 5.52 Å².